The molecule has 0 aliphatic heterocycles. The molecule has 4 amide bonds. The highest BCUT2D eigenvalue weighted by molar-refractivity contribution is 7.98. The molecule has 0 fully saturated rings. The van der Waals surface area contributed by atoms with Gasteiger partial charge in [-0.15, -0.1) is 0 Å². The van der Waals surface area contributed by atoms with E-state index >= 15 is 0 Å². The maximum atomic E-state index is 13.0. The molecule has 5 N–H and O–H groups in total. The Morgan fingerprint density at radius 2 is 1.56 bits per heavy atom. The van der Waals surface area contributed by atoms with Crippen molar-refractivity contribution in [1.29, 1.82) is 0 Å². The van der Waals surface area contributed by atoms with Gasteiger partial charge in [0.1, 0.15) is 18.1 Å². The number of nitrogens with one attached hydrogen (secondary N) is 4. The molecule has 9 nitrogen and oxygen atoms in total. The van der Waals surface area contributed by atoms with Gasteiger partial charge >= 0.3 is 12.0 Å². The first-order valence-electron chi connectivity index (χ1n) is 11.6. The lowest BCUT2D eigenvalue weighted by Crippen LogP contribution is -2.57. The van der Waals surface area contributed by atoms with Gasteiger partial charge in [0.2, 0.25) is 11.8 Å². The van der Waals surface area contributed by atoms with Gasteiger partial charge in [-0.25, -0.2) is 9.59 Å². The van der Waals surface area contributed by atoms with E-state index in [0.29, 0.717) is 25.1 Å². The van der Waals surface area contributed by atoms with E-state index in [2.05, 4.69) is 21.3 Å². The monoisotopic (exact) mass is 494 g/mol. The van der Waals surface area contributed by atoms with E-state index in [1.54, 1.807) is 36.0 Å². The molecule has 10 heteroatoms. The summed E-state index contributed by atoms with van der Waals surface area (Å²) in [5.41, 5.74) is 0.777. The van der Waals surface area contributed by atoms with Crippen molar-refractivity contribution in [1.82, 2.24) is 21.3 Å². The molecule has 34 heavy (non-hydrogen) atoms. The van der Waals surface area contributed by atoms with Gasteiger partial charge in [-0.2, -0.15) is 11.8 Å². The van der Waals surface area contributed by atoms with Crippen LogP contribution in [0.3, 0.4) is 0 Å². The fraction of sp³-hybridized carbons (Fsp3) is 0.583. The molecule has 0 aromatic heterocycles. The average molecular weight is 495 g/mol. The fourth-order valence-electron chi connectivity index (χ4n) is 3.25. The van der Waals surface area contributed by atoms with Crippen molar-refractivity contribution in [3.8, 4) is 0 Å². The van der Waals surface area contributed by atoms with E-state index < -0.39 is 41.9 Å². The number of amides is 4. The number of benzene rings is 1. The van der Waals surface area contributed by atoms with Crippen LogP contribution >= 0.6 is 11.8 Å². The second-order valence-corrected chi connectivity index (χ2v) is 9.50. The third-order valence-corrected chi connectivity index (χ3v) is 5.65. The quantitative estimate of drug-likeness (QED) is 0.253. The summed E-state index contributed by atoms with van der Waals surface area (Å²) < 4.78 is 0. The van der Waals surface area contributed by atoms with Gasteiger partial charge in [0.15, 0.2) is 0 Å². The molecule has 0 aliphatic carbocycles. The highest BCUT2D eigenvalue weighted by atomic mass is 32.2. The van der Waals surface area contributed by atoms with Crippen LogP contribution in [0.2, 0.25) is 0 Å². The first-order chi connectivity index (χ1) is 16.2. The van der Waals surface area contributed by atoms with Crippen molar-refractivity contribution in [2.75, 3.05) is 18.6 Å². The van der Waals surface area contributed by atoms with Gasteiger partial charge < -0.3 is 26.4 Å². The molecule has 1 rings (SSSR count). The topological polar surface area (TPSA) is 137 Å². The fourth-order valence-corrected chi connectivity index (χ4v) is 3.72. The summed E-state index contributed by atoms with van der Waals surface area (Å²) in [4.78, 5) is 49.9. The van der Waals surface area contributed by atoms with Crippen LogP contribution in [0.5, 0.6) is 0 Å². The summed E-state index contributed by atoms with van der Waals surface area (Å²) in [6, 6.07) is 5.70. The van der Waals surface area contributed by atoms with Crippen molar-refractivity contribution in [2.45, 2.75) is 64.6 Å². The maximum Gasteiger partial charge on any atom is 0.326 e. The molecule has 0 aliphatic rings. The van der Waals surface area contributed by atoms with Crippen LogP contribution in [0.25, 0.3) is 0 Å². The number of rotatable bonds is 15. The minimum absolute atomic E-state index is 0.0684. The Balaban J connectivity index is 2.92. The summed E-state index contributed by atoms with van der Waals surface area (Å²) in [6.07, 6.45) is 3.51. The van der Waals surface area contributed by atoms with Gasteiger partial charge in [-0.1, -0.05) is 51.1 Å². The number of carboxylic acid groups (broad SMARTS) is 1. The van der Waals surface area contributed by atoms with Crippen LogP contribution in [0.1, 0.15) is 45.6 Å². The van der Waals surface area contributed by atoms with Crippen LogP contribution in [0.15, 0.2) is 30.3 Å². The van der Waals surface area contributed by atoms with Gasteiger partial charge in [-0.3, -0.25) is 9.59 Å². The maximum absolute atomic E-state index is 13.0. The van der Waals surface area contributed by atoms with Crippen LogP contribution in [-0.2, 0) is 20.8 Å². The van der Waals surface area contributed by atoms with E-state index in [-0.39, 0.29) is 12.3 Å². The van der Waals surface area contributed by atoms with E-state index in [1.807, 2.05) is 33.1 Å². The van der Waals surface area contributed by atoms with Crippen LogP contribution < -0.4 is 21.3 Å². The zero-order valence-corrected chi connectivity index (χ0v) is 21.2. The van der Waals surface area contributed by atoms with Crippen molar-refractivity contribution in [3.05, 3.63) is 35.9 Å². The second-order valence-electron chi connectivity index (χ2n) is 8.51. The normalized spacial score (nSPS) is 13.4. The average Bonchev–Trinajstić information content (AvgIpc) is 2.79. The SMILES string of the molecule is CCCNC(=O)N[C@@H](CCSC)C(=O)N[C@@H](CC(C)C)C(=O)N[C@@H](Cc1ccccc1)C(=O)O. The molecule has 3 atom stereocenters. The van der Waals surface area contributed by atoms with Gasteiger partial charge in [0, 0.05) is 13.0 Å². The first kappa shape index (κ1) is 29.3. The summed E-state index contributed by atoms with van der Waals surface area (Å²) >= 11 is 1.54. The number of urea groups is 1. The lowest BCUT2D eigenvalue weighted by atomic mass is 10.0. The van der Waals surface area contributed by atoms with E-state index in [0.717, 1.165) is 12.0 Å². The van der Waals surface area contributed by atoms with Crippen molar-refractivity contribution >= 4 is 35.6 Å². The van der Waals surface area contributed by atoms with Gasteiger partial charge in [0.25, 0.3) is 0 Å². The number of hydrogen-bond donors (Lipinski definition) is 5. The Bertz CT molecular complexity index is 791. The molecular weight excluding hydrogens is 456 g/mol. The highest BCUT2D eigenvalue weighted by Gasteiger charge is 2.30. The van der Waals surface area contributed by atoms with Crippen LogP contribution in [-0.4, -0.2) is 65.6 Å². The lowest BCUT2D eigenvalue weighted by molar-refractivity contribution is -0.142. The largest absolute Gasteiger partial charge is 0.480 e. The Kier molecular flexibility index (Phi) is 13.8. The Morgan fingerprint density at radius 3 is 2.12 bits per heavy atom. The Labute approximate surface area is 206 Å². The summed E-state index contributed by atoms with van der Waals surface area (Å²) in [6.45, 7) is 6.23. The number of carbonyl (C=O) groups is 4. The van der Waals surface area contributed by atoms with Crippen LogP contribution in [0, 0.1) is 5.92 Å². The molecule has 0 heterocycles. The molecule has 190 valence electrons. The molecule has 0 unspecified atom stereocenters. The van der Waals surface area contributed by atoms with E-state index in [9.17, 15) is 24.3 Å². The summed E-state index contributed by atoms with van der Waals surface area (Å²) in [5.74, 6) is -1.48. The van der Waals surface area contributed by atoms with Crippen LogP contribution in [0.4, 0.5) is 4.79 Å². The van der Waals surface area contributed by atoms with Gasteiger partial charge in [0.05, 0.1) is 0 Å². The second kappa shape index (κ2) is 16.0. The minimum Gasteiger partial charge on any atom is -0.480 e. The Morgan fingerprint density at radius 1 is 0.941 bits per heavy atom. The highest BCUT2D eigenvalue weighted by Crippen LogP contribution is 2.09. The van der Waals surface area contributed by atoms with Crippen molar-refractivity contribution in [3.63, 3.8) is 0 Å². The number of carbonyl (C=O) groups excluding carboxylic acids is 3. The van der Waals surface area contributed by atoms with E-state index in [1.165, 1.54) is 0 Å². The number of carboxylic acids is 1. The predicted molar refractivity (Wildman–Crippen MR) is 135 cm³/mol. The number of thioether (sulfide) groups is 1. The standard InChI is InChI=1S/C24H38N4O5S/c1-5-12-25-24(33)28-18(11-13-34-4)21(29)26-19(14-16(2)3)22(30)27-20(23(31)32)15-17-9-7-6-8-10-17/h6-10,16,18-20H,5,11-15H2,1-4H3,(H,26,29)(H,27,30)(H,31,32)(H2,25,28,33)/t18-,19-,20-/m0/s1. The van der Waals surface area contributed by atoms with Crippen molar-refractivity contribution < 1.29 is 24.3 Å². The third-order valence-electron chi connectivity index (χ3n) is 5.01. The molecule has 0 saturated heterocycles. The molecular formula is C24H38N4O5S. The molecule has 1 aromatic rings. The zero-order valence-electron chi connectivity index (χ0n) is 20.4. The number of aliphatic carboxylic acids is 1. The first-order valence-corrected chi connectivity index (χ1v) is 13.0. The summed E-state index contributed by atoms with van der Waals surface area (Å²) in [7, 11) is 0. The van der Waals surface area contributed by atoms with E-state index in [4.69, 9.17) is 0 Å². The zero-order chi connectivity index (χ0) is 25.5. The smallest absolute Gasteiger partial charge is 0.326 e. The molecule has 0 radical (unpaired) electrons. The van der Waals surface area contributed by atoms with Gasteiger partial charge in [-0.05, 0) is 42.8 Å². The summed E-state index contributed by atoms with van der Waals surface area (Å²) in [5, 5.41) is 20.3. The molecule has 0 saturated carbocycles. The Hall–Kier alpha value is -2.75. The third kappa shape index (κ3) is 11.4. The minimum atomic E-state index is -1.15. The van der Waals surface area contributed by atoms with Crippen molar-refractivity contribution in [2.24, 2.45) is 5.92 Å². The lowest BCUT2D eigenvalue weighted by Gasteiger charge is -2.25. The predicted octanol–water partition coefficient (Wildman–Crippen LogP) is 2.16. The molecule has 0 bridgehead atoms. The molecule has 1 aromatic carbocycles. The number of hydrogen-bond acceptors (Lipinski definition) is 5. The molecule has 0 spiro atoms.